The molecule has 1 aliphatic carbocycles. The van der Waals surface area contributed by atoms with Crippen LogP contribution in [0.25, 0.3) is 0 Å². The molecule has 1 N–H and O–H groups in total. The molecule has 1 saturated carbocycles. The van der Waals surface area contributed by atoms with Crippen LogP contribution in [-0.2, 0) is 10.2 Å². The second-order valence-corrected chi connectivity index (χ2v) is 4.89. The minimum Gasteiger partial charge on any atom is -0.496 e. The van der Waals surface area contributed by atoms with Crippen molar-refractivity contribution in [2.24, 2.45) is 0 Å². The third-order valence-corrected chi connectivity index (χ3v) is 3.76. The molecule has 0 aliphatic heterocycles. The number of carbonyl (C=O) groups is 1. The molecular weight excluding hydrogens is 256 g/mol. The first-order valence-corrected chi connectivity index (χ1v) is 6.04. The van der Waals surface area contributed by atoms with E-state index in [4.69, 9.17) is 26.2 Å². The molecule has 0 spiro atoms. The number of ether oxygens (including phenoxy) is 2. The van der Waals surface area contributed by atoms with Crippen LogP contribution in [0.4, 0.5) is 0 Å². The topological polar surface area (TPSA) is 55.8 Å². The highest BCUT2D eigenvalue weighted by Crippen LogP contribution is 2.57. The largest absolute Gasteiger partial charge is 0.496 e. The average Bonchev–Trinajstić information content (AvgIpc) is 3.08. The van der Waals surface area contributed by atoms with E-state index >= 15 is 0 Å². The number of hydrogen-bond acceptors (Lipinski definition) is 3. The summed E-state index contributed by atoms with van der Waals surface area (Å²) in [5.74, 6) is 0.345. The lowest BCUT2D eigenvalue weighted by atomic mass is 9.91. The van der Waals surface area contributed by atoms with Crippen LogP contribution in [0.2, 0.25) is 5.02 Å². The molecule has 0 saturated heterocycles. The molecule has 0 radical (unpaired) electrons. The summed E-state index contributed by atoms with van der Waals surface area (Å²) < 4.78 is 10.5. The van der Waals surface area contributed by atoms with Gasteiger partial charge in [0.25, 0.3) is 0 Å². The smallest absolute Gasteiger partial charge is 0.304 e. The first-order valence-electron chi connectivity index (χ1n) is 5.67. The number of hydrogen-bond donors (Lipinski definition) is 1. The Hall–Kier alpha value is -1.42. The highest BCUT2D eigenvalue weighted by Gasteiger charge is 2.49. The fraction of sp³-hybridized carbons (Fsp3) is 0.462. The van der Waals surface area contributed by atoms with E-state index in [-0.39, 0.29) is 6.42 Å². The lowest BCUT2D eigenvalue weighted by molar-refractivity contribution is -0.137. The van der Waals surface area contributed by atoms with E-state index in [1.165, 1.54) is 7.11 Å². The lowest BCUT2D eigenvalue weighted by Gasteiger charge is -2.20. The summed E-state index contributed by atoms with van der Waals surface area (Å²) in [4.78, 5) is 11.0. The quantitative estimate of drug-likeness (QED) is 0.894. The Morgan fingerprint density at radius 2 is 1.89 bits per heavy atom. The van der Waals surface area contributed by atoms with Crippen molar-refractivity contribution < 1.29 is 19.4 Å². The van der Waals surface area contributed by atoms with Crippen molar-refractivity contribution in [2.75, 3.05) is 14.2 Å². The summed E-state index contributed by atoms with van der Waals surface area (Å²) in [5, 5.41) is 9.47. The monoisotopic (exact) mass is 270 g/mol. The molecule has 2 rings (SSSR count). The number of halogens is 1. The van der Waals surface area contributed by atoms with Gasteiger partial charge in [-0.15, -0.1) is 0 Å². The second-order valence-electron chi connectivity index (χ2n) is 4.51. The molecule has 0 unspecified atom stereocenters. The molecule has 0 atom stereocenters. The van der Waals surface area contributed by atoms with Gasteiger partial charge >= 0.3 is 5.97 Å². The van der Waals surface area contributed by atoms with Crippen LogP contribution >= 0.6 is 11.6 Å². The first-order chi connectivity index (χ1) is 8.54. The molecule has 0 aromatic heterocycles. The molecule has 1 fully saturated rings. The van der Waals surface area contributed by atoms with E-state index in [0.29, 0.717) is 16.5 Å². The van der Waals surface area contributed by atoms with Gasteiger partial charge in [0, 0.05) is 11.0 Å². The van der Waals surface area contributed by atoms with Crippen LogP contribution in [0.3, 0.4) is 0 Å². The number of carboxylic acid groups (broad SMARTS) is 1. The predicted octanol–water partition coefficient (Wildman–Crippen LogP) is 2.86. The van der Waals surface area contributed by atoms with E-state index in [9.17, 15) is 4.79 Å². The Morgan fingerprint density at radius 1 is 1.33 bits per heavy atom. The summed E-state index contributed by atoms with van der Waals surface area (Å²) in [6.07, 6.45) is 1.68. The molecule has 1 aliphatic rings. The van der Waals surface area contributed by atoms with Gasteiger partial charge in [-0.1, -0.05) is 11.6 Å². The van der Waals surface area contributed by atoms with E-state index in [0.717, 1.165) is 18.4 Å². The maximum absolute atomic E-state index is 11.0. The van der Waals surface area contributed by atoms with Gasteiger partial charge in [-0.05, 0) is 25.0 Å². The summed E-state index contributed by atoms with van der Waals surface area (Å²) in [6, 6.07) is 3.49. The molecule has 0 amide bonds. The van der Waals surface area contributed by atoms with Gasteiger partial charge in [0.15, 0.2) is 0 Å². The minimum absolute atomic E-state index is 0.0657. The molecule has 0 heterocycles. The van der Waals surface area contributed by atoms with Gasteiger partial charge in [-0.3, -0.25) is 4.79 Å². The van der Waals surface area contributed by atoms with E-state index in [1.54, 1.807) is 19.2 Å². The van der Waals surface area contributed by atoms with Crippen molar-refractivity contribution >= 4 is 17.6 Å². The Balaban J connectivity index is 2.51. The Labute approximate surface area is 110 Å². The fourth-order valence-electron chi connectivity index (χ4n) is 2.32. The number of rotatable bonds is 5. The van der Waals surface area contributed by atoms with Crippen molar-refractivity contribution in [2.45, 2.75) is 24.7 Å². The zero-order chi connectivity index (χ0) is 13.3. The predicted molar refractivity (Wildman–Crippen MR) is 67.7 cm³/mol. The number of methoxy groups -OCH3 is 2. The molecular formula is C13H15ClO4. The molecule has 5 heteroatoms. The summed E-state index contributed by atoms with van der Waals surface area (Å²) in [6.45, 7) is 0. The third kappa shape index (κ3) is 2.12. The molecule has 18 heavy (non-hydrogen) atoms. The Bertz CT molecular complexity index is 480. The van der Waals surface area contributed by atoms with E-state index < -0.39 is 11.4 Å². The molecule has 98 valence electrons. The van der Waals surface area contributed by atoms with Crippen molar-refractivity contribution in [3.8, 4) is 11.5 Å². The van der Waals surface area contributed by atoms with Gasteiger partial charge in [0.1, 0.15) is 11.5 Å². The van der Waals surface area contributed by atoms with Crippen molar-refractivity contribution in [1.29, 1.82) is 0 Å². The second kappa shape index (κ2) is 4.69. The van der Waals surface area contributed by atoms with Gasteiger partial charge in [0.05, 0.1) is 25.7 Å². The lowest BCUT2D eigenvalue weighted by Crippen LogP contribution is -2.15. The molecule has 0 bridgehead atoms. The zero-order valence-corrected chi connectivity index (χ0v) is 11.1. The number of benzene rings is 1. The van der Waals surface area contributed by atoms with Crippen LogP contribution < -0.4 is 9.47 Å². The van der Waals surface area contributed by atoms with Crippen LogP contribution in [0.1, 0.15) is 24.8 Å². The fourth-order valence-corrected chi connectivity index (χ4v) is 2.75. The number of aliphatic carboxylic acids is 1. The maximum Gasteiger partial charge on any atom is 0.304 e. The van der Waals surface area contributed by atoms with Gasteiger partial charge in [0.2, 0.25) is 0 Å². The third-order valence-electron chi connectivity index (χ3n) is 3.38. The number of carboxylic acids is 1. The highest BCUT2D eigenvalue weighted by atomic mass is 35.5. The van der Waals surface area contributed by atoms with E-state index in [1.807, 2.05) is 0 Å². The molecule has 4 nitrogen and oxygen atoms in total. The maximum atomic E-state index is 11.0. The molecule has 1 aromatic carbocycles. The summed E-state index contributed by atoms with van der Waals surface area (Å²) in [7, 11) is 3.09. The normalized spacial score (nSPS) is 16.2. The van der Waals surface area contributed by atoms with Gasteiger partial charge in [-0.2, -0.15) is 0 Å². The van der Waals surface area contributed by atoms with Crippen molar-refractivity contribution in [3.05, 3.63) is 22.7 Å². The Morgan fingerprint density at radius 3 is 2.33 bits per heavy atom. The minimum atomic E-state index is -0.826. The first kappa shape index (κ1) is 13.0. The summed E-state index contributed by atoms with van der Waals surface area (Å²) in [5.41, 5.74) is 0.358. The SMILES string of the molecule is COc1ccc(OC)c(C2(CC(=O)O)CC2)c1Cl. The van der Waals surface area contributed by atoms with Crippen LogP contribution in [-0.4, -0.2) is 25.3 Å². The van der Waals surface area contributed by atoms with Crippen LogP contribution in [0.5, 0.6) is 11.5 Å². The molecule has 1 aromatic rings. The van der Waals surface area contributed by atoms with Crippen LogP contribution in [0, 0.1) is 0 Å². The van der Waals surface area contributed by atoms with Crippen molar-refractivity contribution in [3.63, 3.8) is 0 Å². The van der Waals surface area contributed by atoms with Crippen LogP contribution in [0.15, 0.2) is 12.1 Å². The standard InChI is InChI=1S/C13H15ClO4/c1-17-8-3-4-9(18-2)12(14)11(8)13(5-6-13)7-10(15)16/h3-4H,5-7H2,1-2H3,(H,15,16). The Kier molecular flexibility index (Phi) is 3.39. The summed E-state index contributed by atoms with van der Waals surface area (Å²) >= 11 is 6.30. The van der Waals surface area contributed by atoms with Gasteiger partial charge < -0.3 is 14.6 Å². The average molecular weight is 271 g/mol. The highest BCUT2D eigenvalue weighted by molar-refractivity contribution is 6.33. The van der Waals surface area contributed by atoms with Crippen molar-refractivity contribution in [1.82, 2.24) is 0 Å². The zero-order valence-electron chi connectivity index (χ0n) is 10.3. The van der Waals surface area contributed by atoms with E-state index in [2.05, 4.69) is 0 Å². The van der Waals surface area contributed by atoms with Gasteiger partial charge in [-0.25, -0.2) is 0 Å².